The van der Waals surface area contributed by atoms with Crippen LogP contribution in [-0.2, 0) is 106 Å². The Bertz CT molecular complexity index is 4490. The fourth-order valence-electron chi connectivity index (χ4n) is 12.1. The van der Waals surface area contributed by atoms with E-state index < -0.39 is 249 Å². The summed E-state index contributed by atoms with van der Waals surface area (Å²) in [5, 5.41) is 64.6. The second-order valence-electron chi connectivity index (χ2n) is 29.4. The first-order chi connectivity index (χ1) is 54.1. The number of primary amides is 1. The van der Waals surface area contributed by atoms with Gasteiger partial charge in [0.1, 0.15) is 36.0 Å². The van der Waals surface area contributed by atoms with Crippen LogP contribution < -0.4 is 59.3 Å². The number of carbonyl (C=O) groups is 11. The average molecular weight is 1710 g/mol. The molecule has 4 rings (SSSR count). The highest BCUT2D eigenvalue weighted by Gasteiger charge is 2.38. The minimum atomic E-state index is -4.90. The molecule has 38 nitrogen and oxygen atoms in total. The van der Waals surface area contributed by atoms with Crippen LogP contribution in [0, 0.1) is 11.8 Å². The van der Waals surface area contributed by atoms with Crippen molar-refractivity contribution in [3.05, 3.63) is 108 Å². The molecule has 646 valence electrons. The monoisotopic (exact) mass is 1710 g/mol. The lowest BCUT2D eigenvalue weighted by Gasteiger charge is -2.31. The minimum Gasteiger partial charge on any atom is -0.508 e. The maximum atomic E-state index is 15.3. The predicted molar refractivity (Wildman–Crippen MR) is 429 cm³/mol. The summed E-state index contributed by atoms with van der Waals surface area (Å²) >= 11 is 0. The molecule has 0 radical (unpaired) electrons. The number of rotatable bonds is 52. The van der Waals surface area contributed by atoms with E-state index in [1.54, 1.807) is 82.3 Å². The van der Waals surface area contributed by atoms with Crippen molar-refractivity contribution in [3.63, 3.8) is 0 Å². The Balaban J connectivity index is 1.71. The highest BCUT2D eigenvalue weighted by molar-refractivity contribution is 7.89. The van der Waals surface area contributed by atoms with Crippen LogP contribution in [0.4, 0.5) is 0 Å². The van der Waals surface area contributed by atoms with Crippen molar-refractivity contribution in [2.45, 2.75) is 172 Å². The number of fused-ring (bicyclic) bond motifs is 1. The van der Waals surface area contributed by atoms with Crippen molar-refractivity contribution in [2.75, 3.05) is 83.8 Å². The molecular formula is C74H113N15O23S4. The van der Waals surface area contributed by atoms with E-state index in [0.717, 1.165) is 23.7 Å². The van der Waals surface area contributed by atoms with E-state index in [-0.39, 0.29) is 55.2 Å². The number of carboxylic acid groups (broad SMARTS) is 1. The second kappa shape index (κ2) is 46.5. The Kier molecular flexibility index (Phi) is 39.7. The quantitative estimate of drug-likeness (QED) is 0.0198. The highest BCUT2D eigenvalue weighted by atomic mass is 32.2. The van der Waals surface area contributed by atoms with Crippen molar-refractivity contribution in [1.82, 2.24) is 65.1 Å². The van der Waals surface area contributed by atoms with Crippen LogP contribution in [0.3, 0.4) is 0 Å². The lowest BCUT2D eigenvalue weighted by molar-refractivity contribution is -0.138. The fraction of sp³-hybridized carbons (Fsp3) is 0.554. The molecule has 4 aromatic rings. The Hall–Kier alpha value is -9.37. The van der Waals surface area contributed by atoms with Gasteiger partial charge in [-0.15, -0.1) is 0 Å². The first kappa shape index (κ1) is 99.0. The lowest BCUT2D eigenvalue weighted by atomic mass is 10.0. The van der Waals surface area contributed by atoms with E-state index in [9.17, 15) is 98.4 Å². The summed E-state index contributed by atoms with van der Waals surface area (Å²) in [7, 11) is -18.0. The van der Waals surface area contributed by atoms with Gasteiger partial charge in [-0.05, 0) is 124 Å². The molecule has 0 aromatic heterocycles. The number of nitrogens with two attached hydrogens (primary N) is 2. The van der Waals surface area contributed by atoms with Crippen molar-refractivity contribution in [3.8, 4) is 5.75 Å². The van der Waals surface area contributed by atoms with E-state index in [1.165, 1.54) is 63.2 Å². The summed E-state index contributed by atoms with van der Waals surface area (Å²) in [6.07, 6.45) is -1.12. The molecular weight excluding hydrogens is 1600 g/mol. The number of aromatic hydroxyl groups is 1. The van der Waals surface area contributed by atoms with Crippen LogP contribution >= 0.6 is 0 Å². The van der Waals surface area contributed by atoms with Gasteiger partial charge in [0.15, 0.2) is 0 Å². The summed E-state index contributed by atoms with van der Waals surface area (Å²) < 4.78 is 115. The van der Waals surface area contributed by atoms with E-state index in [2.05, 4.69) is 47.9 Å². The van der Waals surface area contributed by atoms with Crippen LogP contribution in [0.1, 0.15) is 105 Å². The average Bonchev–Trinajstić information content (AvgIpc) is 0.787. The van der Waals surface area contributed by atoms with E-state index in [1.807, 2.05) is 0 Å². The number of aliphatic carboxylic acids is 1. The number of sulfonamides is 4. The van der Waals surface area contributed by atoms with Gasteiger partial charge in [0.05, 0.1) is 68.1 Å². The molecule has 10 atom stereocenters. The SMILES string of the molecule is CC(=O)NC(C(=O)N[C@@H](Cc1ccccc1)CN(CC(=O)N[C@@H](CCC(=O)O)C(=O)N[C@@H](Cc1ccc(O)cc1)CN(CC(=O)N[C@@H](C)C(=O)N[C@@H](CCCCN)CN(CC(=O)N[C@@H](CC(C)C)C(=O)N[C@@H](CO)CN(CC(=O)N[C@@H](C)C(N)=O)S(C)(=O)=O)S(=O)(=O)CC(C)C)S(=O)(=O)c1ccc2ccccc2c1)S(C)(=O)=O)[C@H](C)O. The van der Waals surface area contributed by atoms with Crippen LogP contribution in [-0.4, -0.2) is 281 Å². The smallest absolute Gasteiger partial charge is 0.303 e. The first-order valence-electron chi connectivity index (χ1n) is 37.5. The maximum Gasteiger partial charge on any atom is 0.303 e. The molecule has 0 fully saturated rings. The van der Waals surface area contributed by atoms with Gasteiger partial charge in [-0.2, -0.15) is 17.2 Å². The largest absolute Gasteiger partial charge is 0.508 e. The molecule has 1 unspecified atom stereocenters. The lowest BCUT2D eigenvalue weighted by Crippen LogP contribution is -2.58. The van der Waals surface area contributed by atoms with E-state index in [0.29, 0.717) is 41.2 Å². The van der Waals surface area contributed by atoms with Gasteiger partial charge in [0, 0.05) is 57.6 Å². The molecule has 0 aliphatic rings. The zero-order chi connectivity index (χ0) is 87.2. The number of amides is 10. The minimum absolute atomic E-state index is 0.0219. The summed E-state index contributed by atoms with van der Waals surface area (Å²) in [5.41, 5.74) is 12.0. The number of unbranched alkanes of at least 4 members (excludes halogenated alkanes) is 1. The number of phenols is 1. The van der Waals surface area contributed by atoms with Gasteiger partial charge in [-0.3, -0.25) is 52.7 Å². The number of aliphatic hydroxyl groups excluding tert-OH is 2. The third-order valence-electron chi connectivity index (χ3n) is 17.9. The number of nitrogens with zero attached hydrogens (tertiary/aromatic N) is 4. The molecule has 0 spiro atoms. The molecule has 17 N–H and O–H groups in total. The number of benzene rings is 4. The van der Waals surface area contributed by atoms with Crippen LogP contribution in [0.15, 0.2) is 102 Å². The second-order valence-corrected chi connectivity index (χ2v) is 37.3. The fourth-order valence-corrected chi connectivity index (χ4v) is 16.9. The van der Waals surface area contributed by atoms with Crippen molar-refractivity contribution in [1.29, 1.82) is 0 Å². The molecule has 116 heavy (non-hydrogen) atoms. The number of aliphatic hydroxyl groups is 2. The molecule has 42 heteroatoms. The number of carbonyl (C=O) groups excluding carboxylic acids is 10. The summed E-state index contributed by atoms with van der Waals surface area (Å²) in [6, 6.07) is 12.0. The van der Waals surface area contributed by atoms with Gasteiger partial charge < -0.3 is 79.7 Å². The maximum absolute atomic E-state index is 15.3. The molecule has 0 heterocycles. The number of phenolic OH excluding ortho intramolecular Hbond substituents is 1. The summed E-state index contributed by atoms with van der Waals surface area (Å²) in [4.78, 5) is 148. The zero-order valence-electron chi connectivity index (χ0n) is 66.7. The van der Waals surface area contributed by atoms with Gasteiger partial charge >= 0.3 is 5.97 Å². The molecule has 0 bridgehead atoms. The number of hydrogen-bond donors (Lipinski definition) is 15. The van der Waals surface area contributed by atoms with Crippen LogP contribution in [0.5, 0.6) is 5.75 Å². The standard InChI is InChI=1S/C74H113N15O23S4/c1-46(2)32-63(73(103)83-59(44-90)39-87(114(10,107)108)40-64(94)77-48(5)70(76)100)85-67(97)42-88(115(109,110)45-47(3)4)36-56(22-16-17-31-75)80-71(101)49(6)78-65(95)43-89(116(111,112)61-28-25-54-20-14-15-21-55(54)35-61)38-58(34-53-23-26-60(93)27-24-53)81-72(102)62(29-30-68(98)99)84-66(96)41-86(113(9,105)106)37-57(33-52-18-12-11-13-19-52)82-74(104)69(50(7)91)79-51(8)92/h11-15,18-21,23-28,35,46-50,56-59,62-63,69,90-91,93H,16-17,22,29-34,36-45,75H2,1-10H3,(H2,76,100)(H,77,94)(H,78,95)(H,79,92)(H,80,101)(H,81,102)(H,82,104)(H,83,103)(H,84,96)(H,85,97)(H,98,99)/t48-,49-,50-,56-,57-,58-,59+,62-,63-,69?/m0/s1. The number of nitrogens with one attached hydrogen (secondary N) is 9. The molecule has 0 aliphatic carbocycles. The molecule has 0 saturated carbocycles. The van der Waals surface area contributed by atoms with Gasteiger partial charge in [0.25, 0.3) is 0 Å². The third kappa shape index (κ3) is 34.8. The van der Waals surface area contributed by atoms with Gasteiger partial charge in [-0.25, -0.2) is 33.7 Å². The van der Waals surface area contributed by atoms with E-state index in [4.69, 9.17) is 11.5 Å². The Morgan fingerprint density at radius 1 is 0.483 bits per heavy atom. The molecule has 4 aromatic carbocycles. The highest BCUT2D eigenvalue weighted by Crippen LogP contribution is 2.24. The molecule has 0 aliphatic heterocycles. The van der Waals surface area contributed by atoms with Crippen molar-refractivity contribution in [2.24, 2.45) is 23.3 Å². The molecule has 10 amide bonds. The first-order valence-corrected chi connectivity index (χ1v) is 44.2. The Labute approximate surface area is 677 Å². The number of carboxylic acids is 1. The van der Waals surface area contributed by atoms with Gasteiger partial charge in [0.2, 0.25) is 99.2 Å². The topological polar surface area (TPSA) is 579 Å². The van der Waals surface area contributed by atoms with Crippen molar-refractivity contribution >= 4 is 116 Å². The van der Waals surface area contributed by atoms with Crippen molar-refractivity contribution < 1.29 is 107 Å². The van der Waals surface area contributed by atoms with Gasteiger partial charge in [-0.1, -0.05) is 107 Å². The van der Waals surface area contributed by atoms with Crippen LogP contribution in [0.25, 0.3) is 10.8 Å². The Morgan fingerprint density at radius 3 is 1.47 bits per heavy atom. The number of hydrogen-bond acceptors (Lipinski definition) is 23. The third-order valence-corrected chi connectivity index (χ3v) is 24.3. The molecule has 0 saturated heterocycles. The predicted octanol–water partition coefficient (Wildman–Crippen LogP) is -2.85. The summed E-state index contributed by atoms with van der Waals surface area (Å²) in [6.45, 7) is 4.11. The summed E-state index contributed by atoms with van der Waals surface area (Å²) in [5.74, 6) is -12.8. The van der Waals surface area contributed by atoms with E-state index >= 15 is 8.42 Å². The van der Waals surface area contributed by atoms with Crippen LogP contribution in [0.2, 0.25) is 0 Å². The normalized spacial score (nSPS) is 14.8. The Morgan fingerprint density at radius 2 is 0.948 bits per heavy atom. The zero-order valence-corrected chi connectivity index (χ0v) is 70.0.